The number of thiocarbonyl (C=S) groups is 1. The largest absolute Gasteiger partial charge is 0.541 e. The molecule has 0 bridgehead atoms. The molecule has 0 unspecified atom stereocenters. The molecule has 0 aliphatic rings. The first-order valence-corrected chi connectivity index (χ1v) is 15.6. The van der Waals surface area contributed by atoms with Gasteiger partial charge in [-0.05, 0) is 54.6 Å². The Morgan fingerprint density at radius 2 is 1.57 bits per heavy atom. The minimum absolute atomic E-state index is 0.0361. The average Bonchev–Trinajstić information content (AvgIpc) is 2.68. The maximum atomic E-state index is 13.4. The molecule has 0 fully saturated rings. The van der Waals surface area contributed by atoms with Crippen LogP contribution in [0.4, 0.5) is 24.5 Å². The Balaban J connectivity index is 2.60. The summed E-state index contributed by atoms with van der Waals surface area (Å²) in [5, 5.41) is 4.81. The van der Waals surface area contributed by atoms with Crippen LogP contribution in [0.5, 0.6) is 5.75 Å². The van der Waals surface area contributed by atoms with Crippen LogP contribution in [0, 0.1) is 0 Å². The minimum Gasteiger partial charge on any atom is -0.541 e. The van der Waals surface area contributed by atoms with Crippen molar-refractivity contribution in [3.63, 3.8) is 0 Å². The third kappa shape index (κ3) is 6.67. The lowest BCUT2D eigenvalue weighted by molar-refractivity contribution is -0.136. The van der Waals surface area contributed by atoms with E-state index in [1.165, 1.54) is 44.4 Å². The number of rotatable bonds is 6. The number of hydrogen-bond donors (Lipinski definition) is 2. The Kier molecular flexibility index (Phi) is 8.60. The van der Waals surface area contributed by atoms with Crippen LogP contribution in [-0.4, -0.2) is 40.2 Å². The van der Waals surface area contributed by atoms with Crippen molar-refractivity contribution in [1.82, 2.24) is 4.31 Å². The zero-order valence-electron chi connectivity index (χ0n) is 20.5. The van der Waals surface area contributed by atoms with Crippen molar-refractivity contribution in [2.24, 2.45) is 0 Å². The lowest BCUT2D eigenvalue weighted by Crippen LogP contribution is -2.44. The highest BCUT2D eigenvalue weighted by atomic mass is 35.5. The Morgan fingerprint density at radius 1 is 1.03 bits per heavy atom. The molecule has 0 aromatic heterocycles. The lowest BCUT2D eigenvalue weighted by Gasteiger charge is -2.37. The van der Waals surface area contributed by atoms with E-state index in [9.17, 15) is 21.6 Å². The molecular weight excluding hydrogens is 539 g/mol. The topological polar surface area (TPSA) is 70.7 Å². The number of nitrogens with zero attached hydrogens (tertiary/aromatic N) is 1. The van der Waals surface area contributed by atoms with Crippen LogP contribution in [0.15, 0.2) is 41.3 Å². The van der Waals surface area contributed by atoms with E-state index in [0.717, 1.165) is 10.4 Å². The SMILES string of the molecule is CN(C)S(=O)(=O)c1c(Cl)ccc(NC(=S)Nc2ccccc2C(F)(F)F)c1O[Si](C)(C)C(C)(C)C. The summed E-state index contributed by atoms with van der Waals surface area (Å²) in [6.45, 7) is 9.81. The van der Waals surface area contributed by atoms with Gasteiger partial charge in [0, 0.05) is 14.1 Å². The molecule has 0 spiro atoms. The number of anilines is 2. The minimum atomic E-state index is -4.59. The van der Waals surface area contributed by atoms with E-state index in [2.05, 4.69) is 10.6 Å². The number of sulfonamides is 1. The van der Waals surface area contributed by atoms with E-state index in [-0.39, 0.29) is 37.2 Å². The number of para-hydroxylation sites is 1. The van der Waals surface area contributed by atoms with Crippen molar-refractivity contribution < 1.29 is 26.0 Å². The van der Waals surface area contributed by atoms with E-state index >= 15 is 0 Å². The maximum Gasteiger partial charge on any atom is 0.418 e. The molecule has 35 heavy (non-hydrogen) atoms. The Morgan fingerprint density at radius 3 is 2.09 bits per heavy atom. The van der Waals surface area contributed by atoms with Gasteiger partial charge in [0.2, 0.25) is 10.0 Å². The second-order valence-electron chi connectivity index (χ2n) is 9.53. The van der Waals surface area contributed by atoms with Crippen LogP contribution in [0.2, 0.25) is 23.2 Å². The second-order valence-corrected chi connectivity index (χ2v) is 17.2. The fraction of sp³-hybridized carbons (Fsp3) is 0.409. The summed E-state index contributed by atoms with van der Waals surface area (Å²) in [4.78, 5) is -0.252. The van der Waals surface area contributed by atoms with Crippen LogP contribution in [0.25, 0.3) is 0 Å². The highest BCUT2D eigenvalue weighted by Crippen LogP contribution is 2.45. The molecule has 0 heterocycles. The summed E-state index contributed by atoms with van der Waals surface area (Å²) < 4.78 is 73.9. The van der Waals surface area contributed by atoms with E-state index in [1.54, 1.807) is 0 Å². The standard InChI is InChI=1S/C22H29ClF3N3O3S2Si/c1-21(2,3)35(6,7)32-18-17(13-12-15(23)19(18)34(30,31)29(4)5)28-20(33)27-16-11-9-8-10-14(16)22(24,25)26/h8-13H,1-7H3,(H2,27,28,33). The van der Waals surface area contributed by atoms with Gasteiger partial charge in [-0.2, -0.15) is 13.2 Å². The van der Waals surface area contributed by atoms with Gasteiger partial charge < -0.3 is 15.1 Å². The van der Waals surface area contributed by atoms with Crippen molar-refractivity contribution >= 4 is 58.6 Å². The molecule has 0 aliphatic heterocycles. The molecule has 6 nitrogen and oxygen atoms in total. The molecule has 13 heteroatoms. The molecule has 0 saturated carbocycles. The number of halogens is 4. The first-order chi connectivity index (χ1) is 15.8. The molecule has 2 N–H and O–H groups in total. The maximum absolute atomic E-state index is 13.4. The van der Waals surface area contributed by atoms with Gasteiger partial charge in [0.25, 0.3) is 8.32 Å². The van der Waals surface area contributed by atoms with Crippen LogP contribution in [-0.2, 0) is 16.2 Å². The third-order valence-corrected chi connectivity index (χ3v) is 12.5. The highest BCUT2D eigenvalue weighted by molar-refractivity contribution is 7.89. The summed E-state index contributed by atoms with van der Waals surface area (Å²) in [5.41, 5.74) is -0.991. The third-order valence-electron chi connectivity index (χ3n) is 5.70. The monoisotopic (exact) mass is 567 g/mol. The highest BCUT2D eigenvalue weighted by Gasteiger charge is 2.41. The first-order valence-electron chi connectivity index (χ1n) is 10.5. The van der Waals surface area contributed by atoms with Gasteiger partial charge >= 0.3 is 6.18 Å². The molecule has 0 atom stereocenters. The van der Waals surface area contributed by atoms with E-state index in [1.807, 2.05) is 33.9 Å². The van der Waals surface area contributed by atoms with Gasteiger partial charge in [-0.3, -0.25) is 0 Å². The molecule has 0 radical (unpaired) electrons. The zero-order chi connectivity index (χ0) is 27.0. The quantitative estimate of drug-likeness (QED) is 0.295. The van der Waals surface area contributed by atoms with Crippen LogP contribution in [0.3, 0.4) is 0 Å². The van der Waals surface area contributed by atoms with Crippen molar-refractivity contribution in [2.75, 3.05) is 24.7 Å². The first kappa shape index (κ1) is 29.4. The molecule has 0 saturated heterocycles. The van der Waals surface area contributed by atoms with Gasteiger partial charge in [-0.1, -0.05) is 44.5 Å². The smallest absolute Gasteiger partial charge is 0.418 e. The summed E-state index contributed by atoms with van der Waals surface area (Å²) in [5.74, 6) is -0.0361. The average molecular weight is 568 g/mol. The summed E-state index contributed by atoms with van der Waals surface area (Å²) in [6.07, 6.45) is -4.59. The van der Waals surface area contributed by atoms with Gasteiger partial charge in [0.15, 0.2) is 5.11 Å². The predicted molar refractivity (Wildman–Crippen MR) is 141 cm³/mol. The fourth-order valence-electron chi connectivity index (χ4n) is 2.68. The van der Waals surface area contributed by atoms with Crippen molar-refractivity contribution in [1.29, 1.82) is 0 Å². The zero-order valence-corrected chi connectivity index (χ0v) is 23.9. The van der Waals surface area contributed by atoms with E-state index in [4.69, 9.17) is 28.2 Å². The molecule has 0 amide bonds. The summed E-state index contributed by atoms with van der Waals surface area (Å²) in [7, 11) is -3.92. The number of hydrogen-bond acceptors (Lipinski definition) is 4. The van der Waals surface area contributed by atoms with Gasteiger partial charge in [-0.15, -0.1) is 0 Å². The van der Waals surface area contributed by atoms with E-state index in [0.29, 0.717) is 0 Å². The normalized spacial score (nSPS) is 13.0. The summed E-state index contributed by atoms with van der Waals surface area (Å²) in [6, 6.07) is 7.73. The van der Waals surface area contributed by atoms with Gasteiger partial charge in [0.1, 0.15) is 10.6 Å². The van der Waals surface area contributed by atoms with Crippen molar-refractivity contribution in [2.45, 2.75) is 50.0 Å². The van der Waals surface area contributed by atoms with Crippen LogP contribution >= 0.6 is 23.8 Å². The molecule has 2 rings (SSSR count). The van der Waals surface area contributed by atoms with Gasteiger partial charge in [0.05, 0.1) is 22.0 Å². The van der Waals surface area contributed by atoms with Crippen LogP contribution < -0.4 is 15.1 Å². The number of alkyl halides is 3. The van der Waals surface area contributed by atoms with Crippen molar-refractivity contribution in [3.05, 3.63) is 47.0 Å². The Bertz CT molecular complexity index is 1210. The molecule has 2 aromatic rings. The van der Waals surface area contributed by atoms with E-state index < -0.39 is 30.1 Å². The molecule has 194 valence electrons. The lowest BCUT2D eigenvalue weighted by atomic mass is 10.1. The second kappa shape index (κ2) is 10.2. The van der Waals surface area contributed by atoms with Crippen molar-refractivity contribution in [3.8, 4) is 5.75 Å². The predicted octanol–water partition coefficient (Wildman–Crippen LogP) is 6.80. The van der Waals surface area contributed by atoms with Crippen LogP contribution in [0.1, 0.15) is 26.3 Å². The fourth-order valence-corrected chi connectivity index (χ4v) is 5.51. The molecule has 2 aromatic carbocycles. The molecule has 0 aliphatic carbocycles. The summed E-state index contributed by atoms with van der Waals surface area (Å²) >= 11 is 11.6. The molecular formula is C22H29ClF3N3O3S2Si. The number of benzene rings is 2. The van der Waals surface area contributed by atoms with Gasteiger partial charge in [-0.25, -0.2) is 12.7 Å². The Hall–Kier alpha value is -1.86. The number of nitrogens with one attached hydrogen (secondary N) is 2. The Labute approximate surface area is 216 Å².